The maximum absolute atomic E-state index is 12.3. The summed E-state index contributed by atoms with van der Waals surface area (Å²) in [6, 6.07) is 14.0. The molecule has 7 heteroatoms. The molecule has 0 aliphatic heterocycles. The molecule has 3 rings (SSSR count). The molecule has 0 bridgehead atoms. The van der Waals surface area contributed by atoms with Gasteiger partial charge in [-0.15, -0.1) is 11.3 Å². The molecular formula is C16H13ClN2O2S2. The Morgan fingerprint density at radius 2 is 1.87 bits per heavy atom. The highest BCUT2D eigenvalue weighted by molar-refractivity contribution is 7.93. The van der Waals surface area contributed by atoms with Crippen molar-refractivity contribution in [2.24, 2.45) is 0 Å². The predicted octanol–water partition coefficient (Wildman–Crippen LogP) is 4.57. The van der Waals surface area contributed by atoms with Crippen LogP contribution in [0.15, 0.2) is 58.8 Å². The maximum atomic E-state index is 12.3. The monoisotopic (exact) mass is 364 g/mol. The zero-order chi connectivity index (χ0) is 16.4. The molecule has 0 atom stereocenters. The second kappa shape index (κ2) is 6.31. The highest BCUT2D eigenvalue weighted by Crippen LogP contribution is 2.27. The standard InChI is InChI=1S/C16H13ClN2O2S2/c1-11-5-7-12(8-6-11)15-10-22-16(18-15)19-23(20,21)14-4-2-3-13(17)9-14/h2-10H,1H3,(H,18,19). The summed E-state index contributed by atoms with van der Waals surface area (Å²) in [6.07, 6.45) is 0. The second-order valence-corrected chi connectivity index (χ2v) is 7.94. The van der Waals surface area contributed by atoms with Crippen molar-refractivity contribution in [3.8, 4) is 11.3 Å². The highest BCUT2D eigenvalue weighted by Gasteiger charge is 2.16. The van der Waals surface area contributed by atoms with Crippen molar-refractivity contribution in [3.63, 3.8) is 0 Å². The van der Waals surface area contributed by atoms with Crippen LogP contribution in [-0.4, -0.2) is 13.4 Å². The molecule has 118 valence electrons. The molecule has 23 heavy (non-hydrogen) atoms. The smallest absolute Gasteiger partial charge is 0.255 e. The molecule has 1 heterocycles. The Morgan fingerprint density at radius 3 is 2.57 bits per heavy atom. The third-order valence-electron chi connectivity index (χ3n) is 3.18. The van der Waals surface area contributed by atoms with Crippen LogP contribution >= 0.6 is 22.9 Å². The fourth-order valence-electron chi connectivity index (χ4n) is 1.99. The minimum Gasteiger partial charge on any atom is -0.255 e. The third kappa shape index (κ3) is 3.72. The van der Waals surface area contributed by atoms with Gasteiger partial charge >= 0.3 is 0 Å². The van der Waals surface area contributed by atoms with Crippen LogP contribution < -0.4 is 4.72 Å². The van der Waals surface area contributed by atoms with Gasteiger partial charge in [0.2, 0.25) is 0 Å². The molecule has 1 aromatic heterocycles. The van der Waals surface area contributed by atoms with Crippen LogP contribution in [0.25, 0.3) is 11.3 Å². The van der Waals surface area contributed by atoms with Gasteiger partial charge in [0.25, 0.3) is 10.0 Å². The molecule has 4 nitrogen and oxygen atoms in total. The van der Waals surface area contributed by atoms with Gasteiger partial charge in [-0.1, -0.05) is 47.5 Å². The van der Waals surface area contributed by atoms with Crippen LogP contribution in [0.1, 0.15) is 5.56 Å². The number of anilines is 1. The molecular weight excluding hydrogens is 352 g/mol. The van der Waals surface area contributed by atoms with Crippen LogP contribution in [0.4, 0.5) is 5.13 Å². The largest absolute Gasteiger partial charge is 0.263 e. The fraction of sp³-hybridized carbons (Fsp3) is 0.0625. The SMILES string of the molecule is Cc1ccc(-c2csc(NS(=O)(=O)c3cccc(Cl)c3)n2)cc1. The molecule has 0 spiro atoms. The lowest BCUT2D eigenvalue weighted by molar-refractivity contribution is 0.601. The summed E-state index contributed by atoms with van der Waals surface area (Å²) in [6.45, 7) is 2.01. The van der Waals surface area contributed by atoms with Crippen molar-refractivity contribution in [2.75, 3.05) is 4.72 Å². The number of rotatable bonds is 4. The van der Waals surface area contributed by atoms with Gasteiger partial charge in [0.15, 0.2) is 5.13 Å². The van der Waals surface area contributed by atoms with Gasteiger partial charge in [-0.3, -0.25) is 4.72 Å². The lowest BCUT2D eigenvalue weighted by Gasteiger charge is -2.05. The summed E-state index contributed by atoms with van der Waals surface area (Å²) in [5.74, 6) is 0. The normalized spacial score (nSPS) is 11.4. The third-order valence-corrected chi connectivity index (χ3v) is 5.64. The first-order valence-corrected chi connectivity index (χ1v) is 9.49. The zero-order valence-electron chi connectivity index (χ0n) is 12.2. The maximum Gasteiger partial charge on any atom is 0.263 e. The quantitative estimate of drug-likeness (QED) is 0.737. The van der Waals surface area contributed by atoms with E-state index in [1.54, 1.807) is 12.1 Å². The summed E-state index contributed by atoms with van der Waals surface area (Å²) in [7, 11) is -3.70. The van der Waals surface area contributed by atoms with Crippen molar-refractivity contribution in [1.82, 2.24) is 4.98 Å². The van der Waals surface area contributed by atoms with Gasteiger partial charge in [-0.25, -0.2) is 13.4 Å². The highest BCUT2D eigenvalue weighted by atomic mass is 35.5. The molecule has 1 N–H and O–H groups in total. The summed E-state index contributed by atoms with van der Waals surface area (Å²) >= 11 is 7.09. The second-order valence-electron chi connectivity index (χ2n) is 4.97. The van der Waals surface area contributed by atoms with Gasteiger partial charge in [0.05, 0.1) is 10.6 Å². The van der Waals surface area contributed by atoms with Crippen molar-refractivity contribution in [2.45, 2.75) is 11.8 Å². The Bertz CT molecular complexity index is 935. The Labute approximate surface area is 143 Å². The summed E-state index contributed by atoms with van der Waals surface area (Å²) in [4.78, 5) is 4.45. The van der Waals surface area contributed by atoms with Gasteiger partial charge in [-0.05, 0) is 25.1 Å². The lowest BCUT2D eigenvalue weighted by Crippen LogP contribution is -2.12. The van der Waals surface area contributed by atoms with E-state index >= 15 is 0 Å². The number of benzene rings is 2. The Balaban J connectivity index is 1.85. The molecule has 0 radical (unpaired) electrons. The van der Waals surface area contributed by atoms with Crippen LogP contribution in [0.3, 0.4) is 0 Å². The van der Waals surface area contributed by atoms with E-state index in [1.807, 2.05) is 36.6 Å². The van der Waals surface area contributed by atoms with E-state index in [1.165, 1.54) is 23.5 Å². The van der Waals surface area contributed by atoms with Gasteiger partial charge < -0.3 is 0 Å². The first kappa shape index (κ1) is 16.0. The number of halogens is 1. The van der Waals surface area contributed by atoms with Crippen molar-refractivity contribution in [3.05, 3.63) is 64.5 Å². The first-order valence-electron chi connectivity index (χ1n) is 6.75. The Kier molecular flexibility index (Phi) is 4.39. The topological polar surface area (TPSA) is 59.1 Å². The number of nitrogens with zero attached hydrogens (tertiary/aromatic N) is 1. The van der Waals surface area contributed by atoms with Crippen LogP contribution in [-0.2, 0) is 10.0 Å². The van der Waals surface area contributed by atoms with E-state index in [4.69, 9.17) is 11.6 Å². The molecule has 0 saturated carbocycles. The number of thiazole rings is 1. The molecule has 0 aliphatic carbocycles. The van der Waals surface area contributed by atoms with E-state index in [0.29, 0.717) is 10.2 Å². The minimum atomic E-state index is -3.70. The predicted molar refractivity (Wildman–Crippen MR) is 94.5 cm³/mol. The fourth-order valence-corrected chi connectivity index (χ4v) is 4.26. The number of nitrogens with one attached hydrogen (secondary N) is 1. The average Bonchev–Trinajstić information content (AvgIpc) is 2.96. The average molecular weight is 365 g/mol. The molecule has 3 aromatic rings. The number of hydrogen-bond donors (Lipinski definition) is 1. The van der Waals surface area contributed by atoms with E-state index < -0.39 is 10.0 Å². The molecule has 0 saturated heterocycles. The number of sulfonamides is 1. The van der Waals surface area contributed by atoms with Crippen molar-refractivity contribution >= 4 is 38.1 Å². The molecule has 2 aromatic carbocycles. The summed E-state index contributed by atoms with van der Waals surface area (Å²) in [5, 5.41) is 2.51. The Hall–Kier alpha value is -1.89. The number of aromatic nitrogens is 1. The van der Waals surface area contributed by atoms with E-state index in [9.17, 15) is 8.42 Å². The van der Waals surface area contributed by atoms with Crippen molar-refractivity contribution in [1.29, 1.82) is 0 Å². The zero-order valence-corrected chi connectivity index (χ0v) is 14.5. The summed E-state index contributed by atoms with van der Waals surface area (Å²) in [5.41, 5.74) is 2.84. The van der Waals surface area contributed by atoms with E-state index in [0.717, 1.165) is 16.8 Å². The molecule has 0 fully saturated rings. The van der Waals surface area contributed by atoms with Crippen LogP contribution in [0.2, 0.25) is 5.02 Å². The summed E-state index contributed by atoms with van der Waals surface area (Å²) < 4.78 is 27.2. The lowest BCUT2D eigenvalue weighted by atomic mass is 10.1. The van der Waals surface area contributed by atoms with E-state index in [-0.39, 0.29) is 4.90 Å². The van der Waals surface area contributed by atoms with Gasteiger partial charge in [0, 0.05) is 16.0 Å². The molecule has 0 amide bonds. The first-order chi connectivity index (χ1) is 10.9. The number of aryl methyl sites for hydroxylation is 1. The number of hydrogen-bond acceptors (Lipinski definition) is 4. The van der Waals surface area contributed by atoms with Gasteiger partial charge in [-0.2, -0.15) is 0 Å². The van der Waals surface area contributed by atoms with Crippen LogP contribution in [0.5, 0.6) is 0 Å². The van der Waals surface area contributed by atoms with Crippen molar-refractivity contribution < 1.29 is 8.42 Å². The molecule has 0 aliphatic rings. The van der Waals surface area contributed by atoms with Crippen LogP contribution in [0, 0.1) is 6.92 Å². The molecule has 0 unspecified atom stereocenters. The van der Waals surface area contributed by atoms with Gasteiger partial charge in [0.1, 0.15) is 0 Å². The van der Waals surface area contributed by atoms with E-state index in [2.05, 4.69) is 9.71 Å². The minimum absolute atomic E-state index is 0.108. The Morgan fingerprint density at radius 1 is 1.13 bits per heavy atom.